The Morgan fingerprint density at radius 2 is 2.06 bits per heavy atom. The number of amides is 3. The summed E-state index contributed by atoms with van der Waals surface area (Å²) in [5.74, 6) is -2.79. The molecule has 34 heavy (non-hydrogen) atoms. The van der Waals surface area contributed by atoms with Crippen LogP contribution in [0.4, 0.5) is 0 Å². The molecule has 0 radical (unpaired) electrons. The largest absolute Gasteiger partial charge is 0.480 e. The number of guanidine groups is 1. The van der Waals surface area contributed by atoms with Crippen LogP contribution in [0.15, 0.2) is 17.5 Å². The van der Waals surface area contributed by atoms with Gasteiger partial charge in [0.05, 0.1) is 12.4 Å². The number of rotatable bonds is 12. The van der Waals surface area contributed by atoms with Crippen molar-refractivity contribution in [2.24, 2.45) is 22.2 Å². The number of hydrogen-bond acceptors (Lipinski definition) is 7. The zero-order chi connectivity index (χ0) is 25.3. The Bertz CT molecular complexity index is 885. The quantitative estimate of drug-likeness (QED) is 0.0943. The fourth-order valence-electron chi connectivity index (χ4n) is 3.63. The molecule has 1 aliphatic heterocycles. The van der Waals surface area contributed by atoms with Gasteiger partial charge in [-0.15, -0.1) is 0 Å². The third-order valence-corrected chi connectivity index (χ3v) is 5.46. The molecule has 1 fully saturated rings. The molecule has 2 heterocycles. The molecule has 0 aromatic carbocycles. The summed E-state index contributed by atoms with van der Waals surface area (Å²) in [6, 6.07) is -3.82. The number of carboxylic acids is 1. The lowest BCUT2D eigenvalue weighted by Gasteiger charge is -2.28. The second-order valence-corrected chi connectivity index (χ2v) is 8.16. The van der Waals surface area contributed by atoms with Crippen molar-refractivity contribution < 1.29 is 24.3 Å². The number of aliphatic carboxylic acids is 1. The van der Waals surface area contributed by atoms with Gasteiger partial charge in [0.2, 0.25) is 17.7 Å². The number of hydrogen-bond donors (Lipinski definition) is 7. The van der Waals surface area contributed by atoms with E-state index in [1.54, 1.807) is 0 Å². The number of aliphatic imine (C=N–C) groups is 1. The van der Waals surface area contributed by atoms with Crippen LogP contribution in [0.2, 0.25) is 0 Å². The third-order valence-electron chi connectivity index (χ3n) is 5.46. The maximum atomic E-state index is 13.1. The van der Waals surface area contributed by atoms with Gasteiger partial charge in [-0.05, 0) is 32.6 Å². The van der Waals surface area contributed by atoms with Crippen molar-refractivity contribution in [3.63, 3.8) is 0 Å². The van der Waals surface area contributed by atoms with Crippen LogP contribution in [0.3, 0.4) is 0 Å². The minimum atomic E-state index is -1.21. The number of carbonyl (C=O) groups excluding carboxylic acids is 3. The number of carbonyl (C=O) groups is 4. The lowest BCUT2D eigenvalue weighted by atomic mass is 10.1. The summed E-state index contributed by atoms with van der Waals surface area (Å²) in [7, 11) is 0. The van der Waals surface area contributed by atoms with Gasteiger partial charge in [0.15, 0.2) is 5.96 Å². The van der Waals surface area contributed by atoms with E-state index in [1.165, 1.54) is 24.3 Å². The predicted molar refractivity (Wildman–Crippen MR) is 122 cm³/mol. The van der Waals surface area contributed by atoms with Crippen LogP contribution in [0.1, 0.15) is 38.3 Å². The highest BCUT2D eigenvalue weighted by molar-refractivity contribution is 5.94. The first-order chi connectivity index (χ1) is 16.1. The van der Waals surface area contributed by atoms with Gasteiger partial charge in [-0.25, -0.2) is 4.98 Å². The number of aromatic nitrogens is 2. The number of likely N-dealkylation sites (tertiary alicyclic amines) is 1. The van der Waals surface area contributed by atoms with E-state index in [-0.39, 0.29) is 18.3 Å². The topological polar surface area (TPSA) is 235 Å². The highest BCUT2D eigenvalue weighted by Crippen LogP contribution is 2.19. The standard InChI is InChI=1S/C20H33N9O5/c1-11(19(33)34)27-16(30)14(8-12-9-24-10-26-12)28-17(31)15-5-3-7-29(15)18(32)13(21)4-2-6-25-20(22)23/h9-11,13-15H,2-8,21H2,1H3,(H,24,26)(H,27,30)(H,28,31)(H,33,34)(H4,22,23,25). The van der Waals surface area contributed by atoms with E-state index in [2.05, 4.69) is 25.6 Å². The number of H-pyrrole nitrogens is 1. The second kappa shape index (κ2) is 12.5. The Morgan fingerprint density at radius 3 is 2.68 bits per heavy atom. The monoisotopic (exact) mass is 479 g/mol. The summed E-state index contributed by atoms with van der Waals surface area (Å²) in [6.07, 6.45) is 4.87. The molecule has 0 aliphatic carbocycles. The van der Waals surface area contributed by atoms with E-state index in [9.17, 15) is 19.2 Å². The van der Waals surface area contributed by atoms with Gasteiger partial charge in [-0.3, -0.25) is 24.2 Å². The van der Waals surface area contributed by atoms with E-state index in [1.807, 2.05) is 0 Å². The molecule has 10 N–H and O–H groups in total. The average molecular weight is 480 g/mol. The maximum absolute atomic E-state index is 13.1. The van der Waals surface area contributed by atoms with E-state index in [0.29, 0.717) is 44.5 Å². The molecule has 4 unspecified atom stereocenters. The van der Waals surface area contributed by atoms with Crippen molar-refractivity contribution in [2.75, 3.05) is 13.1 Å². The van der Waals surface area contributed by atoms with E-state index in [0.717, 1.165) is 0 Å². The molecule has 1 aliphatic rings. The molecule has 1 aromatic heterocycles. The minimum Gasteiger partial charge on any atom is -0.480 e. The van der Waals surface area contributed by atoms with Crippen LogP contribution in [0, 0.1) is 0 Å². The number of imidazole rings is 1. The fourth-order valence-corrected chi connectivity index (χ4v) is 3.63. The summed E-state index contributed by atoms with van der Waals surface area (Å²) >= 11 is 0. The lowest BCUT2D eigenvalue weighted by Crippen LogP contribution is -2.57. The van der Waals surface area contributed by atoms with Crippen molar-refractivity contribution in [3.05, 3.63) is 18.2 Å². The normalized spacial score (nSPS) is 17.9. The Balaban J connectivity index is 2.04. The van der Waals surface area contributed by atoms with Gasteiger partial charge in [0, 0.05) is 31.4 Å². The molecule has 1 saturated heterocycles. The average Bonchev–Trinajstić information content (AvgIpc) is 3.47. The van der Waals surface area contributed by atoms with Gasteiger partial charge in [0.1, 0.15) is 18.1 Å². The number of nitrogens with one attached hydrogen (secondary N) is 3. The molecule has 2 rings (SSSR count). The summed E-state index contributed by atoms with van der Waals surface area (Å²) in [6.45, 7) is 2.03. The number of carboxylic acid groups (broad SMARTS) is 1. The van der Waals surface area contributed by atoms with Gasteiger partial charge >= 0.3 is 5.97 Å². The highest BCUT2D eigenvalue weighted by Gasteiger charge is 2.37. The summed E-state index contributed by atoms with van der Waals surface area (Å²) < 4.78 is 0. The molecular weight excluding hydrogens is 446 g/mol. The molecular formula is C20H33N9O5. The van der Waals surface area contributed by atoms with Gasteiger partial charge in [-0.2, -0.15) is 0 Å². The number of aromatic amines is 1. The van der Waals surface area contributed by atoms with Crippen LogP contribution < -0.4 is 27.8 Å². The summed E-state index contributed by atoms with van der Waals surface area (Å²) in [5.41, 5.74) is 17.2. The smallest absolute Gasteiger partial charge is 0.325 e. The first-order valence-electron chi connectivity index (χ1n) is 11.0. The van der Waals surface area contributed by atoms with Crippen molar-refractivity contribution >= 4 is 29.7 Å². The molecule has 188 valence electrons. The maximum Gasteiger partial charge on any atom is 0.325 e. The fraction of sp³-hybridized carbons (Fsp3) is 0.600. The Morgan fingerprint density at radius 1 is 1.32 bits per heavy atom. The first kappa shape index (κ1) is 26.6. The first-order valence-corrected chi connectivity index (χ1v) is 11.0. The van der Waals surface area contributed by atoms with E-state index < -0.39 is 42.0 Å². The lowest BCUT2D eigenvalue weighted by molar-refractivity contribution is -0.142. The molecule has 0 bridgehead atoms. The van der Waals surface area contributed by atoms with Gasteiger partial charge in [-0.1, -0.05) is 0 Å². The molecule has 3 amide bonds. The van der Waals surface area contributed by atoms with Crippen molar-refractivity contribution in [3.8, 4) is 0 Å². The number of nitrogens with zero attached hydrogens (tertiary/aromatic N) is 3. The summed E-state index contributed by atoms with van der Waals surface area (Å²) in [4.78, 5) is 61.8. The Hall–Kier alpha value is -3.68. The summed E-state index contributed by atoms with van der Waals surface area (Å²) in [5, 5.41) is 14.1. The zero-order valence-corrected chi connectivity index (χ0v) is 19.1. The third kappa shape index (κ3) is 7.72. The van der Waals surface area contributed by atoms with Crippen molar-refractivity contribution in [1.29, 1.82) is 0 Å². The predicted octanol–water partition coefficient (Wildman–Crippen LogP) is -2.60. The molecule has 14 nitrogen and oxygen atoms in total. The Kier molecular flexibility index (Phi) is 9.79. The van der Waals surface area contributed by atoms with Gasteiger partial charge in [0.25, 0.3) is 0 Å². The Labute approximate surface area is 196 Å². The van der Waals surface area contributed by atoms with E-state index >= 15 is 0 Å². The SMILES string of the molecule is CC(NC(=O)C(Cc1cnc[nH]1)NC(=O)C1CCCN1C(=O)C(N)CCCN=C(N)N)C(=O)O. The molecule has 14 heteroatoms. The van der Waals surface area contributed by atoms with Gasteiger partial charge < -0.3 is 42.8 Å². The van der Waals surface area contributed by atoms with E-state index in [4.69, 9.17) is 22.3 Å². The minimum absolute atomic E-state index is 0.0392. The second-order valence-electron chi connectivity index (χ2n) is 8.16. The van der Waals surface area contributed by atoms with Crippen LogP contribution >= 0.6 is 0 Å². The van der Waals surface area contributed by atoms with Crippen LogP contribution in [0.5, 0.6) is 0 Å². The highest BCUT2D eigenvalue weighted by atomic mass is 16.4. The van der Waals surface area contributed by atoms with Crippen LogP contribution in [-0.4, -0.2) is 86.9 Å². The molecule has 0 saturated carbocycles. The molecule has 1 aromatic rings. The molecule has 4 atom stereocenters. The van der Waals surface area contributed by atoms with Crippen molar-refractivity contribution in [1.82, 2.24) is 25.5 Å². The van der Waals surface area contributed by atoms with Crippen LogP contribution in [-0.2, 0) is 25.6 Å². The molecule has 0 spiro atoms. The van der Waals surface area contributed by atoms with Crippen LogP contribution in [0.25, 0.3) is 0 Å². The number of nitrogens with two attached hydrogens (primary N) is 3. The van der Waals surface area contributed by atoms with Crippen molar-refractivity contribution in [2.45, 2.75) is 63.2 Å². The zero-order valence-electron chi connectivity index (χ0n) is 19.1.